The van der Waals surface area contributed by atoms with Crippen LogP contribution in [0.15, 0.2) is 42.5 Å². The Balaban J connectivity index is 1.80. The Labute approximate surface area is 121 Å². The summed E-state index contributed by atoms with van der Waals surface area (Å²) in [5.74, 6) is 1.07. The summed E-state index contributed by atoms with van der Waals surface area (Å²) >= 11 is 0. The first-order valence-electron chi connectivity index (χ1n) is 7.48. The second-order valence-corrected chi connectivity index (χ2v) is 11.1. The van der Waals surface area contributed by atoms with E-state index < -0.39 is 8.07 Å². The quantitative estimate of drug-likeness (QED) is 0.483. The monoisotopic (exact) mass is 286 g/mol. The largest absolute Gasteiger partial charge is 0.466 e. The van der Waals surface area contributed by atoms with Crippen molar-refractivity contribution >= 4 is 19.2 Å². The normalized spacial score (nSPS) is 30.9. The van der Waals surface area contributed by atoms with Gasteiger partial charge in [0.2, 0.25) is 0 Å². The van der Waals surface area contributed by atoms with Crippen LogP contribution in [0, 0.1) is 17.8 Å². The van der Waals surface area contributed by atoms with E-state index in [-0.39, 0.29) is 11.9 Å². The van der Waals surface area contributed by atoms with E-state index in [2.05, 4.69) is 55.6 Å². The Bertz CT molecular complexity index is 535. The zero-order valence-electron chi connectivity index (χ0n) is 12.4. The zero-order valence-corrected chi connectivity index (χ0v) is 13.4. The molecule has 0 radical (unpaired) electrons. The van der Waals surface area contributed by atoms with Gasteiger partial charge in [0, 0.05) is 0 Å². The standard InChI is InChI=1S/C17H22O2Si/c1-4-19-17(18)16-13-10-11-14(15(13)16)20(2,3)12-8-6-5-7-9-12/h5-11,13-16H,4H2,1-3H3/t13-,14-,15-,16+/m1/s1. The molecule has 1 aromatic rings. The van der Waals surface area contributed by atoms with E-state index in [0.29, 0.717) is 24.0 Å². The lowest BCUT2D eigenvalue weighted by molar-refractivity contribution is -0.145. The van der Waals surface area contributed by atoms with Crippen LogP contribution in [0.3, 0.4) is 0 Å². The number of benzene rings is 1. The molecular formula is C17H22O2Si. The maximum absolute atomic E-state index is 12.0. The fourth-order valence-electron chi connectivity index (χ4n) is 3.78. The van der Waals surface area contributed by atoms with Crippen LogP contribution in [0.1, 0.15) is 6.92 Å². The van der Waals surface area contributed by atoms with Gasteiger partial charge < -0.3 is 4.74 Å². The van der Waals surface area contributed by atoms with Crippen LogP contribution >= 0.6 is 0 Å². The second kappa shape index (κ2) is 4.88. The molecule has 0 unspecified atom stereocenters. The van der Waals surface area contributed by atoms with Gasteiger partial charge in [-0.15, -0.1) is 0 Å². The van der Waals surface area contributed by atoms with Crippen molar-refractivity contribution in [2.75, 3.05) is 6.61 Å². The van der Waals surface area contributed by atoms with Crippen LogP contribution < -0.4 is 5.19 Å². The summed E-state index contributed by atoms with van der Waals surface area (Å²) in [7, 11) is -1.57. The van der Waals surface area contributed by atoms with Gasteiger partial charge in [-0.2, -0.15) is 0 Å². The number of esters is 1. The summed E-state index contributed by atoms with van der Waals surface area (Å²) in [4.78, 5) is 12.0. The number of rotatable bonds is 4. The lowest BCUT2D eigenvalue weighted by atomic mass is 10.2. The maximum atomic E-state index is 12.0. The number of carbonyl (C=O) groups excluding carboxylic acids is 1. The first kappa shape index (κ1) is 13.6. The predicted molar refractivity (Wildman–Crippen MR) is 83.6 cm³/mol. The third-order valence-electron chi connectivity index (χ3n) is 5.00. The molecule has 0 spiro atoms. The van der Waals surface area contributed by atoms with E-state index >= 15 is 0 Å². The molecule has 1 aromatic carbocycles. The smallest absolute Gasteiger partial charge is 0.309 e. The van der Waals surface area contributed by atoms with Crippen molar-refractivity contribution < 1.29 is 9.53 Å². The predicted octanol–water partition coefficient (Wildman–Crippen LogP) is 2.97. The highest BCUT2D eigenvalue weighted by Gasteiger charge is 2.62. The Morgan fingerprint density at radius 3 is 2.55 bits per heavy atom. The molecule has 2 aliphatic carbocycles. The van der Waals surface area contributed by atoms with Gasteiger partial charge in [0.15, 0.2) is 0 Å². The summed E-state index contributed by atoms with van der Waals surface area (Å²) in [5, 5.41) is 1.48. The lowest BCUT2D eigenvalue weighted by Crippen LogP contribution is -2.46. The third kappa shape index (κ3) is 2.04. The van der Waals surface area contributed by atoms with Gasteiger partial charge in [-0.3, -0.25) is 4.79 Å². The molecule has 0 amide bonds. The van der Waals surface area contributed by atoms with Gasteiger partial charge >= 0.3 is 5.97 Å². The zero-order chi connectivity index (χ0) is 14.3. The van der Waals surface area contributed by atoms with Crippen LogP contribution in [0.2, 0.25) is 18.6 Å². The van der Waals surface area contributed by atoms with E-state index in [1.165, 1.54) is 5.19 Å². The topological polar surface area (TPSA) is 26.3 Å². The van der Waals surface area contributed by atoms with Crippen LogP contribution in [-0.2, 0) is 9.53 Å². The van der Waals surface area contributed by atoms with E-state index in [9.17, 15) is 4.79 Å². The van der Waals surface area contributed by atoms with Crippen LogP contribution in [0.25, 0.3) is 0 Å². The summed E-state index contributed by atoms with van der Waals surface area (Å²) in [6.45, 7) is 7.20. The molecule has 2 nitrogen and oxygen atoms in total. The summed E-state index contributed by atoms with van der Waals surface area (Å²) in [6, 6.07) is 10.8. The van der Waals surface area contributed by atoms with Crippen LogP contribution in [-0.4, -0.2) is 20.7 Å². The van der Waals surface area contributed by atoms with Gasteiger partial charge in [0.25, 0.3) is 0 Å². The highest BCUT2D eigenvalue weighted by Crippen LogP contribution is 2.62. The number of fused-ring (bicyclic) bond motifs is 1. The first-order valence-corrected chi connectivity index (χ1v) is 10.6. The molecule has 3 heteroatoms. The molecule has 2 aliphatic rings. The Kier molecular flexibility index (Phi) is 3.33. The highest BCUT2D eigenvalue weighted by molar-refractivity contribution is 6.91. The third-order valence-corrected chi connectivity index (χ3v) is 9.06. The summed E-state index contributed by atoms with van der Waals surface area (Å²) in [6.07, 6.45) is 4.62. The molecule has 1 saturated carbocycles. The number of allylic oxidation sites excluding steroid dienone is 2. The molecule has 1 fully saturated rings. The minimum absolute atomic E-state index is 0.00899. The van der Waals surface area contributed by atoms with Crippen molar-refractivity contribution in [1.29, 1.82) is 0 Å². The minimum atomic E-state index is -1.57. The molecular weight excluding hydrogens is 264 g/mol. The number of hydrogen-bond donors (Lipinski definition) is 0. The molecule has 0 bridgehead atoms. The van der Waals surface area contributed by atoms with Crippen LogP contribution in [0.4, 0.5) is 0 Å². The van der Waals surface area contributed by atoms with E-state index in [1.54, 1.807) is 0 Å². The van der Waals surface area contributed by atoms with Gasteiger partial charge in [0.1, 0.15) is 0 Å². The first-order chi connectivity index (χ1) is 9.57. The molecule has 0 heterocycles. The Morgan fingerprint density at radius 2 is 1.90 bits per heavy atom. The van der Waals surface area contributed by atoms with Crippen LogP contribution in [0.5, 0.6) is 0 Å². The van der Waals surface area contributed by atoms with Crippen molar-refractivity contribution in [3.8, 4) is 0 Å². The van der Waals surface area contributed by atoms with E-state index in [4.69, 9.17) is 4.74 Å². The minimum Gasteiger partial charge on any atom is -0.466 e. The maximum Gasteiger partial charge on any atom is 0.309 e. The van der Waals surface area contributed by atoms with Crippen molar-refractivity contribution in [3.63, 3.8) is 0 Å². The lowest BCUT2D eigenvalue weighted by Gasteiger charge is -2.30. The van der Waals surface area contributed by atoms with Crippen molar-refractivity contribution in [3.05, 3.63) is 42.5 Å². The van der Waals surface area contributed by atoms with Gasteiger partial charge in [-0.05, 0) is 24.3 Å². The van der Waals surface area contributed by atoms with E-state index in [0.717, 1.165) is 0 Å². The van der Waals surface area contributed by atoms with Crippen molar-refractivity contribution in [2.24, 2.45) is 17.8 Å². The molecule has 4 atom stereocenters. The average Bonchev–Trinajstić information content (AvgIpc) is 2.99. The average molecular weight is 286 g/mol. The molecule has 20 heavy (non-hydrogen) atoms. The fraction of sp³-hybridized carbons (Fsp3) is 0.471. The molecule has 0 saturated heterocycles. The fourth-order valence-corrected chi connectivity index (χ4v) is 7.20. The molecule has 3 rings (SSSR count). The number of ether oxygens (including phenoxy) is 1. The number of hydrogen-bond acceptors (Lipinski definition) is 2. The van der Waals surface area contributed by atoms with Crippen molar-refractivity contribution in [2.45, 2.75) is 25.6 Å². The molecule has 0 aliphatic heterocycles. The summed E-state index contributed by atoms with van der Waals surface area (Å²) < 4.78 is 5.21. The van der Waals surface area contributed by atoms with Gasteiger partial charge in [-0.25, -0.2) is 0 Å². The Morgan fingerprint density at radius 1 is 1.20 bits per heavy atom. The molecule has 0 aromatic heterocycles. The molecule has 106 valence electrons. The molecule has 0 N–H and O–H groups in total. The summed E-state index contributed by atoms with van der Waals surface area (Å²) in [5.41, 5.74) is 0.560. The van der Waals surface area contributed by atoms with Crippen molar-refractivity contribution in [1.82, 2.24) is 0 Å². The Hall–Kier alpha value is -1.35. The second-order valence-electron chi connectivity index (χ2n) is 6.43. The highest BCUT2D eigenvalue weighted by atomic mass is 28.3. The van der Waals surface area contributed by atoms with E-state index in [1.807, 2.05) is 6.92 Å². The number of carbonyl (C=O) groups is 1. The van der Waals surface area contributed by atoms with Gasteiger partial charge in [-0.1, -0.05) is 60.8 Å². The SMILES string of the molecule is CCOC(=O)[C@H]1[C@@H]2C=C[C@@H]([Si](C)(C)c3ccccc3)[C@@H]21. The van der Waals surface area contributed by atoms with Gasteiger partial charge in [0.05, 0.1) is 20.6 Å².